The fraction of sp³-hybridized carbons (Fsp3) is 0.706. The van der Waals surface area contributed by atoms with Gasteiger partial charge in [0, 0.05) is 6.92 Å². The molecular formula is C17H26O2. The molecule has 0 aromatic carbocycles. The maximum absolute atomic E-state index is 10.8. The van der Waals surface area contributed by atoms with Gasteiger partial charge in [-0.25, -0.2) is 0 Å². The average molecular weight is 262 g/mol. The lowest BCUT2D eigenvalue weighted by Gasteiger charge is -2.36. The molecule has 2 aliphatic carbocycles. The van der Waals surface area contributed by atoms with Gasteiger partial charge in [0.05, 0.1) is 0 Å². The molecule has 0 saturated heterocycles. The molecule has 0 spiro atoms. The van der Waals surface area contributed by atoms with Crippen molar-refractivity contribution in [3.8, 4) is 0 Å². The van der Waals surface area contributed by atoms with E-state index in [1.165, 1.54) is 38.2 Å². The van der Waals surface area contributed by atoms with E-state index in [1.807, 2.05) is 6.92 Å². The molecule has 2 aliphatic rings. The maximum Gasteiger partial charge on any atom is 0.302 e. The van der Waals surface area contributed by atoms with E-state index in [0.29, 0.717) is 12.0 Å². The highest BCUT2D eigenvalue weighted by Gasteiger charge is 2.49. The Morgan fingerprint density at radius 2 is 2.21 bits per heavy atom. The van der Waals surface area contributed by atoms with Crippen molar-refractivity contribution in [2.24, 2.45) is 17.3 Å². The van der Waals surface area contributed by atoms with Crippen LogP contribution in [0.5, 0.6) is 0 Å². The highest BCUT2D eigenvalue weighted by molar-refractivity contribution is 5.66. The predicted octanol–water partition coefficient (Wildman–Crippen LogP) is 4.27. The first-order valence-corrected chi connectivity index (χ1v) is 7.41. The van der Waals surface area contributed by atoms with Crippen molar-refractivity contribution in [1.29, 1.82) is 0 Å². The minimum Gasteiger partial charge on any atom is -0.461 e. The van der Waals surface area contributed by atoms with Gasteiger partial charge in [0.25, 0.3) is 0 Å². The Kier molecular flexibility index (Phi) is 4.17. The van der Waals surface area contributed by atoms with Crippen LogP contribution >= 0.6 is 0 Å². The Hall–Kier alpha value is -1.05. The molecule has 3 atom stereocenters. The van der Waals surface area contributed by atoms with E-state index < -0.39 is 0 Å². The normalized spacial score (nSPS) is 33.8. The first kappa shape index (κ1) is 14.4. The van der Waals surface area contributed by atoms with Crippen molar-refractivity contribution in [2.75, 3.05) is 6.61 Å². The number of rotatable bonds is 5. The predicted molar refractivity (Wildman–Crippen MR) is 77.7 cm³/mol. The van der Waals surface area contributed by atoms with Crippen LogP contribution in [-0.4, -0.2) is 12.6 Å². The molecule has 0 N–H and O–H groups in total. The molecule has 2 nitrogen and oxygen atoms in total. The Labute approximate surface area is 116 Å². The molecule has 0 heterocycles. The number of hydrogen-bond acceptors (Lipinski definition) is 2. The van der Waals surface area contributed by atoms with Crippen LogP contribution in [0, 0.1) is 17.3 Å². The van der Waals surface area contributed by atoms with E-state index >= 15 is 0 Å². The second-order valence-electron chi connectivity index (χ2n) is 6.52. The lowest BCUT2D eigenvalue weighted by molar-refractivity contribution is -0.139. The Morgan fingerprint density at radius 1 is 1.47 bits per heavy atom. The zero-order valence-corrected chi connectivity index (χ0v) is 12.5. The van der Waals surface area contributed by atoms with Gasteiger partial charge in [0.1, 0.15) is 6.61 Å². The van der Waals surface area contributed by atoms with E-state index in [-0.39, 0.29) is 5.97 Å². The lowest BCUT2D eigenvalue weighted by Crippen LogP contribution is -2.26. The molecule has 2 fully saturated rings. The molecule has 0 radical (unpaired) electrons. The lowest BCUT2D eigenvalue weighted by atomic mass is 9.69. The average Bonchev–Trinajstić information content (AvgIpc) is 2.91. The molecule has 0 aromatic rings. The maximum atomic E-state index is 10.8. The van der Waals surface area contributed by atoms with Crippen LogP contribution in [0.3, 0.4) is 0 Å². The fourth-order valence-electron chi connectivity index (χ4n) is 3.86. The number of esters is 1. The molecule has 2 bridgehead atoms. The van der Waals surface area contributed by atoms with Crippen molar-refractivity contribution in [2.45, 2.75) is 52.9 Å². The number of carbonyl (C=O) groups is 1. The minimum absolute atomic E-state index is 0.207. The molecule has 2 rings (SSSR count). The summed E-state index contributed by atoms with van der Waals surface area (Å²) in [6.07, 6.45) is 8.58. The summed E-state index contributed by atoms with van der Waals surface area (Å²) >= 11 is 0. The highest BCUT2D eigenvalue weighted by Crippen LogP contribution is 2.60. The molecule has 0 aromatic heterocycles. The summed E-state index contributed by atoms with van der Waals surface area (Å²) in [6, 6.07) is 0. The molecule has 0 aliphatic heterocycles. The fourth-order valence-corrected chi connectivity index (χ4v) is 3.86. The quantitative estimate of drug-likeness (QED) is 0.546. The summed E-state index contributed by atoms with van der Waals surface area (Å²) in [6.45, 7) is 10.7. The first-order valence-electron chi connectivity index (χ1n) is 7.41. The first-order chi connectivity index (χ1) is 8.93. The van der Waals surface area contributed by atoms with Gasteiger partial charge < -0.3 is 4.74 Å². The van der Waals surface area contributed by atoms with E-state index in [9.17, 15) is 4.79 Å². The van der Waals surface area contributed by atoms with Crippen LogP contribution in [0.4, 0.5) is 0 Å². The standard InChI is InChI=1S/C17H26O2/c1-12(11-19-14(3)18)6-5-9-17(4)13(2)15-7-8-16(17)10-15/h6,15-16H,2,5,7-11H2,1,3-4H3/b12-6+/t15-,16-,17-/m0/s1. The van der Waals surface area contributed by atoms with Crippen LogP contribution in [0.1, 0.15) is 52.9 Å². The van der Waals surface area contributed by atoms with Gasteiger partial charge in [-0.1, -0.05) is 25.2 Å². The van der Waals surface area contributed by atoms with E-state index in [2.05, 4.69) is 19.6 Å². The summed E-state index contributed by atoms with van der Waals surface area (Å²) < 4.78 is 5.00. The number of hydrogen-bond donors (Lipinski definition) is 0. The molecule has 2 heteroatoms. The largest absolute Gasteiger partial charge is 0.461 e. The van der Waals surface area contributed by atoms with Crippen LogP contribution in [0.25, 0.3) is 0 Å². The van der Waals surface area contributed by atoms with Crippen LogP contribution < -0.4 is 0 Å². The third kappa shape index (κ3) is 2.93. The second-order valence-corrected chi connectivity index (χ2v) is 6.52. The Bertz CT molecular complexity index is 407. The van der Waals surface area contributed by atoms with Gasteiger partial charge in [-0.3, -0.25) is 4.79 Å². The highest BCUT2D eigenvalue weighted by atomic mass is 16.5. The van der Waals surface area contributed by atoms with E-state index in [0.717, 1.165) is 23.8 Å². The van der Waals surface area contributed by atoms with Crippen LogP contribution in [0.2, 0.25) is 0 Å². The molecule has 0 unspecified atom stereocenters. The number of allylic oxidation sites excluding steroid dienone is 2. The molecule has 2 saturated carbocycles. The number of ether oxygens (including phenoxy) is 1. The summed E-state index contributed by atoms with van der Waals surface area (Å²) in [7, 11) is 0. The van der Waals surface area contributed by atoms with Gasteiger partial charge >= 0.3 is 5.97 Å². The van der Waals surface area contributed by atoms with Crippen molar-refractivity contribution in [3.63, 3.8) is 0 Å². The van der Waals surface area contributed by atoms with Crippen molar-refractivity contribution in [3.05, 3.63) is 23.8 Å². The summed E-state index contributed by atoms with van der Waals surface area (Å²) in [5.74, 6) is 1.44. The van der Waals surface area contributed by atoms with Crippen molar-refractivity contribution < 1.29 is 9.53 Å². The van der Waals surface area contributed by atoms with Crippen molar-refractivity contribution >= 4 is 5.97 Å². The number of fused-ring (bicyclic) bond motifs is 2. The van der Waals surface area contributed by atoms with Gasteiger partial charge in [-0.2, -0.15) is 0 Å². The Balaban J connectivity index is 1.84. The summed E-state index contributed by atoms with van der Waals surface area (Å²) in [4.78, 5) is 10.8. The van der Waals surface area contributed by atoms with E-state index in [4.69, 9.17) is 4.74 Å². The SMILES string of the molecule is C=C1[C@H]2CC[C@@H](C2)[C@@]1(C)CC/C=C(\C)COC(C)=O. The van der Waals surface area contributed by atoms with Gasteiger partial charge in [-0.15, -0.1) is 0 Å². The second kappa shape index (κ2) is 5.52. The number of carbonyl (C=O) groups excluding carboxylic acids is 1. The zero-order valence-electron chi connectivity index (χ0n) is 12.5. The molecular weight excluding hydrogens is 236 g/mol. The molecule has 19 heavy (non-hydrogen) atoms. The van der Waals surface area contributed by atoms with Crippen molar-refractivity contribution in [1.82, 2.24) is 0 Å². The molecule has 0 amide bonds. The summed E-state index contributed by atoms with van der Waals surface area (Å²) in [5.41, 5.74) is 2.99. The van der Waals surface area contributed by atoms with Crippen LogP contribution in [-0.2, 0) is 9.53 Å². The third-order valence-electron chi connectivity index (χ3n) is 5.22. The Morgan fingerprint density at radius 3 is 2.79 bits per heavy atom. The minimum atomic E-state index is -0.207. The third-order valence-corrected chi connectivity index (χ3v) is 5.22. The monoisotopic (exact) mass is 262 g/mol. The molecule has 106 valence electrons. The van der Waals surface area contributed by atoms with Gasteiger partial charge in [0.2, 0.25) is 0 Å². The van der Waals surface area contributed by atoms with E-state index in [1.54, 1.807) is 0 Å². The zero-order chi connectivity index (χ0) is 14.0. The van der Waals surface area contributed by atoms with Crippen LogP contribution in [0.15, 0.2) is 23.8 Å². The van der Waals surface area contributed by atoms with Gasteiger partial charge in [0.15, 0.2) is 0 Å². The smallest absolute Gasteiger partial charge is 0.302 e. The topological polar surface area (TPSA) is 26.3 Å². The van der Waals surface area contributed by atoms with Gasteiger partial charge in [-0.05, 0) is 61.9 Å². The summed E-state index contributed by atoms with van der Waals surface area (Å²) in [5, 5.41) is 0.